The standard InChI is InChI=1S/C20H38N2O2/c1-15-8-10-17(11-9-15)13-21-16(2)18-7-6-12-22(14-18)19(23)24-20(3,4)5/h15-18,21H,6-14H2,1-5H3. The van der Waals surface area contributed by atoms with Gasteiger partial charge in [-0.05, 0) is 77.7 Å². The van der Waals surface area contributed by atoms with E-state index in [-0.39, 0.29) is 6.09 Å². The highest BCUT2D eigenvalue weighted by Crippen LogP contribution is 2.28. The molecule has 4 heteroatoms. The van der Waals surface area contributed by atoms with Gasteiger partial charge in [0.15, 0.2) is 0 Å². The molecule has 0 radical (unpaired) electrons. The fourth-order valence-electron chi connectivity index (χ4n) is 3.96. The quantitative estimate of drug-likeness (QED) is 0.824. The molecule has 1 aliphatic carbocycles. The second kappa shape index (κ2) is 8.55. The number of carbonyl (C=O) groups excluding carboxylic acids is 1. The smallest absolute Gasteiger partial charge is 0.410 e. The first-order valence-electron chi connectivity index (χ1n) is 9.96. The molecule has 0 aromatic heterocycles. The lowest BCUT2D eigenvalue weighted by Gasteiger charge is -2.37. The van der Waals surface area contributed by atoms with Crippen LogP contribution in [0.15, 0.2) is 0 Å². The molecule has 0 aromatic rings. The first-order chi connectivity index (χ1) is 11.2. The van der Waals surface area contributed by atoms with Gasteiger partial charge in [0.05, 0.1) is 0 Å². The van der Waals surface area contributed by atoms with E-state index in [1.807, 2.05) is 25.7 Å². The van der Waals surface area contributed by atoms with Gasteiger partial charge in [-0.25, -0.2) is 4.79 Å². The van der Waals surface area contributed by atoms with E-state index in [0.717, 1.165) is 37.9 Å². The normalized spacial score (nSPS) is 30.0. The minimum atomic E-state index is -0.411. The van der Waals surface area contributed by atoms with Crippen molar-refractivity contribution in [1.29, 1.82) is 0 Å². The summed E-state index contributed by atoms with van der Waals surface area (Å²) in [6.07, 6.45) is 7.64. The van der Waals surface area contributed by atoms with Crippen LogP contribution in [-0.2, 0) is 4.74 Å². The number of carbonyl (C=O) groups is 1. The van der Waals surface area contributed by atoms with Gasteiger partial charge in [0.1, 0.15) is 5.60 Å². The zero-order chi connectivity index (χ0) is 17.7. The van der Waals surface area contributed by atoms with Crippen LogP contribution in [0.3, 0.4) is 0 Å². The zero-order valence-electron chi connectivity index (χ0n) is 16.4. The minimum absolute atomic E-state index is 0.152. The molecule has 1 aliphatic heterocycles. The van der Waals surface area contributed by atoms with Crippen molar-refractivity contribution in [3.05, 3.63) is 0 Å². The van der Waals surface area contributed by atoms with Crippen molar-refractivity contribution in [2.45, 2.75) is 84.8 Å². The third-order valence-corrected chi connectivity index (χ3v) is 5.68. The average Bonchev–Trinajstić information content (AvgIpc) is 2.52. The van der Waals surface area contributed by atoms with Gasteiger partial charge < -0.3 is 15.0 Å². The van der Waals surface area contributed by atoms with Gasteiger partial charge in [-0.1, -0.05) is 19.8 Å². The van der Waals surface area contributed by atoms with Gasteiger partial charge in [0.2, 0.25) is 0 Å². The molecular weight excluding hydrogens is 300 g/mol. The SMILES string of the molecule is CC1CCC(CNC(C)C2CCCN(C(=O)OC(C)(C)C)C2)CC1. The predicted molar refractivity (Wildman–Crippen MR) is 99.1 cm³/mol. The Hall–Kier alpha value is -0.770. The Balaban J connectivity index is 1.75. The van der Waals surface area contributed by atoms with E-state index in [1.54, 1.807) is 0 Å². The predicted octanol–water partition coefficient (Wildman–Crippen LogP) is 4.44. The largest absolute Gasteiger partial charge is 0.444 e. The number of piperidine rings is 1. The van der Waals surface area contributed by atoms with E-state index in [4.69, 9.17) is 4.74 Å². The summed E-state index contributed by atoms with van der Waals surface area (Å²) in [5.74, 6) is 2.29. The molecular formula is C20H38N2O2. The van der Waals surface area contributed by atoms with Crippen molar-refractivity contribution < 1.29 is 9.53 Å². The summed E-state index contributed by atoms with van der Waals surface area (Å²) in [7, 11) is 0. The van der Waals surface area contributed by atoms with Crippen LogP contribution in [0, 0.1) is 17.8 Å². The third-order valence-electron chi connectivity index (χ3n) is 5.68. The number of ether oxygens (including phenoxy) is 1. The van der Waals surface area contributed by atoms with E-state index in [2.05, 4.69) is 19.2 Å². The average molecular weight is 339 g/mol. The number of hydrogen-bond donors (Lipinski definition) is 1. The van der Waals surface area contributed by atoms with E-state index in [0.29, 0.717) is 12.0 Å². The maximum absolute atomic E-state index is 12.3. The van der Waals surface area contributed by atoms with Gasteiger partial charge >= 0.3 is 6.09 Å². The van der Waals surface area contributed by atoms with Crippen molar-refractivity contribution in [3.8, 4) is 0 Å². The summed E-state index contributed by atoms with van der Waals surface area (Å²) in [6.45, 7) is 13.2. The van der Waals surface area contributed by atoms with E-state index >= 15 is 0 Å². The summed E-state index contributed by atoms with van der Waals surface area (Å²) < 4.78 is 5.54. The Morgan fingerprint density at radius 1 is 1.21 bits per heavy atom. The summed E-state index contributed by atoms with van der Waals surface area (Å²) in [6, 6.07) is 0.467. The lowest BCUT2D eigenvalue weighted by atomic mass is 9.82. The number of amides is 1. The molecule has 4 nitrogen and oxygen atoms in total. The van der Waals surface area contributed by atoms with Crippen molar-refractivity contribution in [2.24, 2.45) is 17.8 Å². The monoisotopic (exact) mass is 338 g/mol. The van der Waals surface area contributed by atoms with Gasteiger partial charge in [-0.15, -0.1) is 0 Å². The molecule has 24 heavy (non-hydrogen) atoms. The molecule has 2 unspecified atom stereocenters. The van der Waals surface area contributed by atoms with Crippen LogP contribution in [0.25, 0.3) is 0 Å². The number of hydrogen-bond acceptors (Lipinski definition) is 3. The molecule has 0 bridgehead atoms. The molecule has 2 rings (SSSR count). The van der Waals surface area contributed by atoms with E-state index < -0.39 is 5.60 Å². The fraction of sp³-hybridized carbons (Fsp3) is 0.950. The summed E-state index contributed by atoms with van der Waals surface area (Å²) in [5.41, 5.74) is -0.411. The molecule has 1 saturated heterocycles. The van der Waals surface area contributed by atoms with Crippen LogP contribution in [-0.4, -0.2) is 42.3 Å². The molecule has 1 heterocycles. The van der Waals surface area contributed by atoms with Crippen molar-refractivity contribution in [3.63, 3.8) is 0 Å². The maximum Gasteiger partial charge on any atom is 0.410 e. The number of nitrogens with one attached hydrogen (secondary N) is 1. The van der Waals surface area contributed by atoms with Gasteiger partial charge in [-0.3, -0.25) is 0 Å². The van der Waals surface area contributed by atoms with Gasteiger partial charge in [0, 0.05) is 19.1 Å². The second-order valence-electron chi connectivity index (χ2n) is 9.15. The summed E-state index contributed by atoms with van der Waals surface area (Å²) in [5, 5.41) is 3.77. The minimum Gasteiger partial charge on any atom is -0.444 e. The highest BCUT2D eigenvalue weighted by molar-refractivity contribution is 5.68. The number of nitrogens with zero attached hydrogens (tertiary/aromatic N) is 1. The highest BCUT2D eigenvalue weighted by atomic mass is 16.6. The van der Waals surface area contributed by atoms with Crippen molar-refractivity contribution in [2.75, 3.05) is 19.6 Å². The Labute approximate surface area is 148 Å². The Bertz CT molecular complexity index is 397. The molecule has 140 valence electrons. The summed E-state index contributed by atoms with van der Waals surface area (Å²) in [4.78, 5) is 14.2. The molecule has 1 saturated carbocycles. The van der Waals surface area contributed by atoms with Gasteiger partial charge in [0.25, 0.3) is 0 Å². The van der Waals surface area contributed by atoms with Crippen LogP contribution in [0.5, 0.6) is 0 Å². The Morgan fingerprint density at radius 3 is 2.50 bits per heavy atom. The van der Waals surface area contributed by atoms with Gasteiger partial charge in [-0.2, -0.15) is 0 Å². The Morgan fingerprint density at radius 2 is 1.88 bits per heavy atom. The molecule has 2 atom stereocenters. The van der Waals surface area contributed by atoms with E-state index in [1.165, 1.54) is 32.1 Å². The Kier molecular flexibility index (Phi) is 6.97. The lowest BCUT2D eigenvalue weighted by Crippen LogP contribution is -2.48. The molecule has 2 fully saturated rings. The zero-order valence-corrected chi connectivity index (χ0v) is 16.4. The van der Waals surface area contributed by atoms with Crippen LogP contribution in [0.1, 0.15) is 73.1 Å². The molecule has 0 aromatic carbocycles. The molecule has 1 N–H and O–H groups in total. The first-order valence-corrected chi connectivity index (χ1v) is 9.96. The lowest BCUT2D eigenvalue weighted by molar-refractivity contribution is 0.0147. The van der Waals surface area contributed by atoms with Crippen LogP contribution < -0.4 is 5.32 Å². The molecule has 1 amide bonds. The number of likely N-dealkylation sites (tertiary alicyclic amines) is 1. The topological polar surface area (TPSA) is 41.6 Å². The van der Waals surface area contributed by atoms with Crippen LogP contribution >= 0.6 is 0 Å². The molecule has 0 spiro atoms. The van der Waals surface area contributed by atoms with Crippen LogP contribution in [0.2, 0.25) is 0 Å². The first kappa shape index (κ1) is 19.6. The third kappa shape index (κ3) is 6.27. The maximum atomic E-state index is 12.3. The van der Waals surface area contributed by atoms with Crippen molar-refractivity contribution >= 4 is 6.09 Å². The van der Waals surface area contributed by atoms with Crippen LogP contribution in [0.4, 0.5) is 4.79 Å². The highest BCUT2D eigenvalue weighted by Gasteiger charge is 2.30. The molecule has 2 aliphatic rings. The number of rotatable bonds is 4. The van der Waals surface area contributed by atoms with Crippen molar-refractivity contribution in [1.82, 2.24) is 10.2 Å². The fourth-order valence-corrected chi connectivity index (χ4v) is 3.96. The second-order valence-corrected chi connectivity index (χ2v) is 9.15. The summed E-state index contributed by atoms with van der Waals surface area (Å²) >= 11 is 0. The van der Waals surface area contributed by atoms with E-state index in [9.17, 15) is 4.79 Å².